The van der Waals surface area contributed by atoms with Crippen LogP contribution in [0, 0.1) is 12.8 Å². The number of aromatic nitrogens is 3. The second-order valence-corrected chi connectivity index (χ2v) is 5.97. The number of carbonyl (C=O) groups is 2. The van der Waals surface area contributed by atoms with Gasteiger partial charge in [-0.3, -0.25) is 19.5 Å². The minimum atomic E-state index is -0.787. The third-order valence-corrected chi connectivity index (χ3v) is 4.28. The molecule has 1 aliphatic carbocycles. The lowest BCUT2D eigenvalue weighted by Gasteiger charge is -2.26. The van der Waals surface area contributed by atoms with E-state index >= 15 is 0 Å². The fourth-order valence-corrected chi connectivity index (χ4v) is 2.98. The molecule has 2 aromatic rings. The maximum Gasteiger partial charge on any atom is 0.306 e. The van der Waals surface area contributed by atoms with E-state index in [1.165, 1.54) is 10.7 Å². The average Bonchev–Trinajstić information content (AvgIpc) is 2.89. The molecule has 3 N–H and O–H groups in total. The van der Waals surface area contributed by atoms with Crippen molar-refractivity contribution in [1.29, 1.82) is 0 Å². The summed E-state index contributed by atoms with van der Waals surface area (Å²) in [4.78, 5) is 39.7. The van der Waals surface area contributed by atoms with E-state index in [9.17, 15) is 14.4 Å². The number of amides is 1. The highest BCUT2D eigenvalue weighted by Gasteiger charge is 2.27. The molecule has 23 heavy (non-hydrogen) atoms. The zero-order chi connectivity index (χ0) is 16.6. The lowest BCUT2D eigenvalue weighted by Crippen LogP contribution is -2.41. The van der Waals surface area contributed by atoms with Crippen LogP contribution in [0.25, 0.3) is 5.65 Å². The smallest absolute Gasteiger partial charge is 0.306 e. The van der Waals surface area contributed by atoms with E-state index in [2.05, 4.69) is 15.4 Å². The number of nitrogens with zero attached hydrogens (tertiary/aromatic N) is 2. The van der Waals surface area contributed by atoms with Crippen LogP contribution >= 0.6 is 0 Å². The van der Waals surface area contributed by atoms with E-state index in [-0.39, 0.29) is 17.5 Å². The predicted octanol–water partition coefficient (Wildman–Crippen LogP) is 0.704. The molecular formula is C15H18N4O4. The molecular weight excluding hydrogens is 300 g/mol. The summed E-state index contributed by atoms with van der Waals surface area (Å²) in [6.07, 6.45) is 3.55. The molecule has 8 nitrogen and oxygen atoms in total. The molecule has 122 valence electrons. The Hall–Kier alpha value is -2.64. The van der Waals surface area contributed by atoms with Crippen LogP contribution in [0.15, 0.2) is 17.1 Å². The number of fused-ring (bicyclic) bond motifs is 1. The van der Waals surface area contributed by atoms with E-state index in [0.717, 1.165) is 5.69 Å². The monoisotopic (exact) mass is 318 g/mol. The molecule has 0 radical (unpaired) electrons. The largest absolute Gasteiger partial charge is 0.481 e. The van der Waals surface area contributed by atoms with E-state index in [1.807, 2.05) is 0 Å². The van der Waals surface area contributed by atoms with Crippen molar-refractivity contribution in [2.45, 2.75) is 38.6 Å². The van der Waals surface area contributed by atoms with Gasteiger partial charge in [0.15, 0.2) is 5.65 Å². The second-order valence-electron chi connectivity index (χ2n) is 5.97. The number of nitrogens with one attached hydrogen (secondary N) is 2. The highest BCUT2D eigenvalue weighted by Crippen LogP contribution is 2.24. The van der Waals surface area contributed by atoms with Crippen LogP contribution in [0.1, 0.15) is 41.7 Å². The summed E-state index contributed by atoms with van der Waals surface area (Å²) in [7, 11) is 0. The van der Waals surface area contributed by atoms with E-state index in [0.29, 0.717) is 31.3 Å². The fraction of sp³-hybridized carbons (Fsp3) is 0.467. The van der Waals surface area contributed by atoms with Crippen molar-refractivity contribution in [3.63, 3.8) is 0 Å². The lowest BCUT2D eigenvalue weighted by molar-refractivity contribution is -0.142. The van der Waals surface area contributed by atoms with Gasteiger partial charge in [0, 0.05) is 24.0 Å². The molecule has 0 saturated heterocycles. The molecule has 0 unspecified atom stereocenters. The number of hydrogen-bond donors (Lipinski definition) is 3. The number of carboxylic acid groups (broad SMARTS) is 1. The first-order valence-electron chi connectivity index (χ1n) is 7.56. The van der Waals surface area contributed by atoms with Crippen molar-refractivity contribution in [3.8, 4) is 0 Å². The Labute approximate surface area is 131 Å². The van der Waals surface area contributed by atoms with Gasteiger partial charge in [-0.25, -0.2) is 9.50 Å². The molecule has 0 aliphatic heterocycles. The summed E-state index contributed by atoms with van der Waals surface area (Å²) in [5, 5.41) is 14.6. The van der Waals surface area contributed by atoms with Gasteiger partial charge in [-0.1, -0.05) is 0 Å². The molecule has 8 heteroatoms. The Morgan fingerprint density at radius 3 is 2.70 bits per heavy atom. The van der Waals surface area contributed by atoms with Crippen molar-refractivity contribution >= 4 is 17.5 Å². The van der Waals surface area contributed by atoms with Crippen LogP contribution in [0.5, 0.6) is 0 Å². The minimum absolute atomic E-state index is 0.0234. The van der Waals surface area contributed by atoms with Gasteiger partial charge < -0.3 is 10.4 Å². The van der Waals surface area contributed by atoms with Gasteiger partial charge in [-0.15, -0.1) is 0 Å². The zero-order valence-electron chi connectivity index (χ0n) is 12.7. The van der Waals surface area contributed by atoms with Crippen molar-refractivity contribution in [1.82, 2.24) is 19.9 Å². The maximum absolute atomic E-state index is 12.3. The third-order valence-electron chi connectivity index (χ3n) is 4.28. The van der Waals surface area contributed by atoms with Crippen molar-refractivity contribution < 1.29 is 14.7 Å². The van der Waals surface area contributed by atoms with Gasteiger partial charge in [-0.05, 0) is 32.6 Å². The topological polar surface area (TPSA) is 117 Å². The normalized spacial score (nSPS) is 21.3. The van der Waals surface area contributed by atoms with Gasteiger partial charge in [0.1, 0.15) is 5.56 Å². The minimum Gasteiger partial charge on any atom is -0.481 e. The maximum atomic E-state index is 12.3. The number of carbonyl (C=O) groups excluding carboxylic acids is 1. The summed E-state index contributed by atoms with van der Waals surface area (Å²) in [5.41, 5.74) is 0.773. The van der Waals surface area contributed by atoms with Gasteiger partial charge in [-0.2, -0.15) is 0 Å². The van der Waals surface area contributed by atoms with Gasteiger partial charge in [0.2, 0.25) is 0 Å². The number of aromatic amines is 1. The van der Waals surface area contributed by atoms with Crippen LogP contribution in [0.4, 0.5) is 0 Å². The summed E-state index contributed by atoms with van der Waals surface area (Å²) < 4.78 is 1.24. The number of aliphatic carboxylic acids is 1. The number of rotatable bonds is 3. The van der Waals surface area contributed by atoms with Crippen molar-refractivity contribution in [2.24, 2.45) is 5.92 Å². The molecule has 0 atom stereocenters. The summed E-state index contributed by atoms with van der Waals surface area (Å²) in [6, 6.07) is 1.61. The number of hydrogen-bond acceptors (Lipinski definition) is 4. The first kappa shape index (κ1) is 15.3. The Morgan fingerprint density at radius 1 is 1.35 bits per heavy atom. The number of H-pyrrole nitrogens is 1. The molecule has 3 rings (SSSR count). The van der Waals surface area contributed by atoms with Crippen LogP contribution in [0.3, 0.4) is 0 Å². The van der Waals surface area contributed by atoms with E-state index in [4.69, 9.17) is 5.11 Å². The van der Waals surface area contributed by atoms with Crippen LogP contribution < -0.4 is 10.9 Å². The molecule has 1 aliphatic rings. The molecule has 1 fully saturated rings. The van der Waals surface area contributed by atoms with Crippen molar-refractivity contribution in [3.05, 3.63) is 33.9 Å². The first-order valence-corrected chi connectivity index (χ1v) is 7.56. The fourth-order valence-electron chi connectivity index (χ4n) is 2.98. The second kappa shape index (κ2) is 5.86. The van der Waals surface area contributed by atoms with Crippen LogP contribution in [-0.2, 0) is 4.79 Å². The van der Waals surface area contributed by atoms with Crippen molar-refractivity contribution in [2.75, 3.05) is 0 Å². The van der Waals surface area contributed by atoms with Gasteiger partial charge in [0.25, 0.3) is 11.5 Å². The molecule has 2 heterocycles. The van der Waals surface area contributed by atoms with Gasteiger partial charge in [0.05, 0.1) is 5.92 Å². The Bertz CT molecular complexity index is 814. The van der Waals surface area contributed by atoms with E-state index in [1.54, 1.807) is 13.0 Å². The highest BCUT2D eigenvalue weighted by molar-refractivity contribution is 5.93. The van der Waals surface area contributed by atoms with Gasteiger partial charge >= 0.3 is 5.97 Å². The molecule has 1 saturated carbocycles. The standard InChI is InChI=1S/C15H18N4O4/c1-8-6-12-16-7-11(14(21)19(12)18-8)13(20)17-10-4-2-9(3-5-10)15(22)23/h6-7,9-10,18H,2-5H2,1H3,(H,17,20)(H,22,23). The lowest BCUT2D eigenvalue weighted by atomic mass is 9.86. The third kappa shape index (κ3) is 2.96. The molecule has 1 amide bonds. The van der Waals surface area contributed by atoms with E-state index < -0.39 is 17.4 Å². The summed E-state index contributed by atoms with van der Waals surface area (Å²) in [5.74, 6) is -1.60. The summed E-state index contributed by atoms with van der Waals surface area (Å²) >= 11 is 0. The Balaban J connectivity index is 1.73. The Morgan fingerprint density at radius 2 is 2.04 bits per heavy atom. The van der Waals surface area contributed by atoms with Crippen LogP contribution in [-0.4, -0.2) is 37.6 Å². The molecule has 0 bridgehead atoms. The predicted molar refractivity (Wildman–Crippen MR) is 81.4 cm³/mol. The summed E-state index contributed by atoms with van der Waals surface area (Å²) in [6.45, 7) is 1.80. The quantitative estimate of drug-likeness (QED) is 0.770. The average molecular weight is 318 g/mol. The molecule has 2 aromatic heterocycles. The number of carboxylic acids is 1. The molecule has 0 aromatic carbocycles. The number of aryl methyl sites for hydroxylation is 1. The van der Waals surface area contributed by atoms with Crippen LogP contribution in [0.2, 0.25) is 0 Å². The first-order chi connectivity index (χ1) is 11.0. The Kier molecular flexibility index (Phi) is 3.89. The molecule has 0 spiro atoms. The highest BCUT2D eigenvalue weighted by atomic mass is 16.4. The zero-order valence-corrected chi connectivity index (χ0v) is 12.7. The SMILES string of the molecule is Cc1cc2ncc(C(=O)NC3CCC(C(=O)O)CC3)c(=O)n2[nH]1.